The normalized spacial score (nSPS) is 16.2. The third kappa shape index (κ3) is 6.94. The number of unbranched alkanes of at least 4 members (excludes halogenated alkanes) is 1. The highest BCUT2D eigenvalue weighted by atomic mass is 16.5. The number of hydrogen-bond acceptors (Lipinski definition) is 5. The van der Waals surface area contributed by atoms with Crippen molar-refractivity contribution in [3.05, 3.63) is 66.3 Å². The summed E-state index contributed by atoms with van der Waals surface area (Å²) in [6.07, 6.45) is 11.8. The van der Waals surface area contributed by atoms with Gasteiger partial charge in [-0.05, 0) is 48.1 Å². The number of carbonyl (C=O) groups excluding carboxylic acids is 2. The third-order valence-corrected chi connectivity index (χ3v) is 6.56. The zero-order chi connectivity index (χ0) is 26.8. The van der Waals surface area contributed by atoms with Crippen molar-refractivity contribution in [2.45, 2.75) is 38.6 Å². The first-order chi connectivity index (χ1) is 17.9. The predicted molar refractivity (Wildman–Crippen MR) is 146 cm³/mol. The summed E-state index contributed by atoms with van der Waals surface area (Å²) in [4.78, 5) is 29.1. The summed E-state index contributed by atoms with van der Waals surface area (Å²) < 4.78 is 16.4. The van der Waals surface area contributed by atoms with Gasteiger partial charge < -0.3 is 24.0 Å². The van der Waals surface area contributed by atoms with E-state index in [2.05, 4.69) is 25.2 Å². The SMILES string of the molecule is CCC=CCCC=CCN1CC(=O)N(C)[C@@H](Cc2ccc(-c3cc(OC)c(OC)c(OC)c3)cc2)C1=O. The molecule has 0 bridgehead atoms. The molecule has 0 N–H and O–H groups in total. The molecule has 3 rings (SSSR count). The third-order valence-electron chi connectivity index (χ3n) is 6.56. The van der Waals surface area contributed by atoms with E-state index in [9.17, 15) is 9.59 Å². The molecule has 2 aromatic carbocycles. The molecule has 37 heavy (non-hydrogen) atoms. The lowest BCUT2D eigenvalue weighted by Gasteiger charge is -2.38. The zero-order valence-corrected chi connectivity index (χ0v) is 22.5. The van der Waals surface area contributed by atoms with Crippen LogP contribution in [0.5, 0.6) is 17.2 Å². The van der Waals surface area contributed by atoms with Gasteiger partial charge in [0, 0.05) is 20.0 Å². The summed E-state index contributed by atoms with van der Waals surface area (Å²) in [5, 5.41) is 0. The van der Waals surface area contributed by atoms with Gasteiger partial charge in [-0.3, -0.25) is 9.59 Å². The number of likely N-dealkylation sites (N-methyl/N-ethyl adjacent to an activating group) is 1. The molecule has 2 amide bonds. The minimum atomic E-state index is -0.519. The van der Waals surface area contributed by atoms with Crippen LogP contribution in [0.4, 0.5) is 0 Å². The lowest BCUT2D eigenvalue weighted by molar-refractivity contribution is -0.153. The van der Waals surface area contributed by atoms with E-state index in [0.717, 1.165) is 36.0 Å². The molecular formula is C30H38N2O5. The maximum atomic E-state index is 13.2. The van der Waals surface area contributed by atoms with Gasteiger partial charge in [0.05, 0.1) is 21.3 Å². The number of piperazine rings is 1. The van der Waals surface area contributed by atoms with E-state index in [4.69, 9.17) is 14.2 Å². The highest BCUT2D eigenvalue weighted by molar-refractivity contribution is 5.95. The second-order valence-electron chi connectivity index (χ2n) is 8.98. The molecule has 1 aliphatic rings. The van der Waals surface area contributed by atoms with Crippen molar-refractivity contribution < 1.29 is 23.8 Å². The van der Waals surface area contributed by atoms with E-state index in [1.54, 1.807) is 38.2 Å². The van der Waals surface area contributed by atoms with Gasteiger partial charge in [-0.1, -0.05) is 55.5 Å². The van der Waals surface area contributed by atoms with E-state index in [1.807, 2.05) is 42.5 Å². The predicted octanol–water partition coefficient (Wildman–Crippen LogP) is 4.89. The first kappa shape index (κ1) is 27.8. The molecule has 0 aliphatic carbocycles. The summed E-state index contributed by atoms with van der Waals surface area (Å²) >= 11 is 0. The Kier molecular flexibility index (Phi) is 10.2. The molecule has 198 valence electrons. The molecule has 0 unspecified atom stereocenters. The minimum Gasteiger partial charge on any atom is -0.493 e. The van der Waals surface area contributed by atoms with Crippen molar-refractivity contribution in [3.8, 4) is 28.4 Å². The van der Waals surface area contributed by atoms with Gasteiger partial charge in [-0.25, -0.2) is 0 Å². The van der Waals surface area contributed by atoms with Crippen LogP contribution in [0.25, 0.3) is 11.1 Å². The number of rotatable bonds is 12. The van der Waals surface area contributed by atoms with E-state index in [-0.39, 0.29) is 18.4 Å². The number of amides is 2. The quantitative estimate of drug-likeness (QED) is 0.303. The molecule has 7 nitrogen and oxygen atoms in total. The van der Waals surface area contributed by atoms with Crippen molar-refractivity contribution in [2.24, 2.45) is 0 Å². The van der Waals surface area contributed by atoms with Crippen molar-refractivity contribution in [2.75, 3.05) is 41.5 Å². The Bertz CT molecular complexity index is 1100. The number of carbonyl (C=O) groups is 2. The van der Waals surface area contributed by atoms with Gasteiger partial charge in [0.25, 0.3) is 0 Å². The van der Waals surface area contributed by atoms with Gasteiger partial charge in [0.1, 0.15) is 12.6 Å². The topological polar surface area (TPSA) is 68.3 Å². The zero-order valence-electron chi connectivity index (χ0n) is 22.5. The van der Waals surface area contributed by atoms with Crippen LogP contribution in [0.2, 0.25) is 0 Å². The molecular weight excluding hydrogens is 468 g/mol. The van der Waals surface area contributed by atoms with Crippen LogP contribution in [0.3, 0.4) is 0 Å². The van der Waals surface area contributed by atoms with Gasteiger partial charge in [0.2, 0.25) is 17.6 Å². The lowest BCUT2D eigenvalue weighted by Crippen LogP contribution is -2.59. The molecule has 2 aromatic rings. The van der Waals surface area contributed by atoms with Gasteiger partial charge >= 0.3 is 0 Å². The van der Waals surface area contributed by atoms with Gasteiger partial charge in [0.15, 0.2) is 11.5 Å². The number of benzene rings is 2. The van der Waals surface area contributed by atoms with E-state index >= 15 is 0 Å². The molecule has 0 aromatic heterocycles. The maximum absolute atomic E-state index is 13.2. The summed E-state index contributed by atoms with van der Waals surface area (Å²) in [6.45, 7) is 2.68. The Morgan fingerprint density at radius 2 is 1.49 bits per heavy atom. The average Bonchev–Trinajstić information content (AvgIpc) is 2.92. The summed E-state index contributed by atoms with van der Waals surface area (Å²) in [5.41, 5.74) is 2.88. The van der Waals surface area contributed by atoms with Crippen LogP contribution < -0.4 is 14.2 Å². The maximum Gasteiger partial charge on any atom is 0.246 e. The molecule has 1 fully saturated rings. The Labute approximate surface area is 220 Å². The van der Waals surface area contributed by atoms with Crippen LogP contribution in [0.1, 0.15) is 31.7 Å². The van der Waals surface area contributed by atoms with Gasteiger partial charge in [-0.15, -0.1) is 0 Å². The standard InChI is InChI=1S/C30H38N2O5/c1-6-7-8-9-10-11-12-17-32-21-28(33)31(2)25(30(32)34)18-22-13-15-23(16-14-22)24-19-26(35-3)29(37-5)27(20-24)36-4/h7-8,11-16,19-20,25H,6,9-10,17-18,21H2,1-5H3/t25-/m0/s1. The molecule has 7 heteroatoms. The Hall–Kier alpha value is -3.74. The molecule has 1 aliphatic heterocycles. The van der Waals surface area contributed by atoms with Crippen molar-refractivity contribution in [1.29, 1.82) is 0 Å². The van der Waals surface area contributed by atoms with Gasteiger partial charge in [-0.2, -0.15) is 0 Å². The number of hydrogen-bond donors (Lipinski definition) is 0. The first-order valence-electron chi connectivity index (χ1n) is 12.7. The molecule has 1 saturated heterocycles. The molecule has 1 atom stereocenters. The monoisotopic (exact) mass is 506 g/mol. The average molecular weight is 507 g/mol. The Morgan fingerprint density at radius 1 is 0.865 bits per heavy atom. The van der Waals surface area contributed by atoms with Crippen LogP contribution in [-0.2, 0) is 16.0 Å². The van der Waals surface area contributed by atoms with Crippen molar-refractivity contribution in [1.82, 2.24) is 9.80 Å². The minimum absolute atomic E-state index is 0.0219. The second kappa shape index (κ2) is 13.5. The lowest BCUT2D eigenvalue weighted by atomic mass is 9.98. The first-order valence-corrected chi connectivity index (χ1v) is 12.7. The number of nitrogens with zero attached hydrogens (tertiary/aromatic N) is 2. The van der Waals surface area contributed by atoms with Crippen LogP contribution in [0.15, 0.2) is 60.7 Å². The van der Waals surface area contributed by atoms with Crippen molar-refractivity contribution in [3.63, 3.8) is 0 Å². The van der Waals surface area contributed by atoms with E-state index in [1.165, 1.54) is 0 Å². The highest BCUT2D eigenvalue weighted by Gasteiger charge is 2.36. The van der Waals surface area contributed by atoms with Crippen LogP contribution in [-0.4, -0.2) is 69.1 Å². The fourth-order valence-electron chi connectivity index (χ4n) is 4.38. The van der Waals surface area contributed by atoms with Crippen LogP contribution in [0, 0.1) is 0 Å². The van der Waals surface area contributed by atoms with Crippen LogP contribution >= 0.6 is 0 Å². The number of ether oxygens (including phenoxy) is 3. The summed E-state index contributed by atoms with van der Waals surface area (Å²) in [5.74, 6) is 1.65. The summed E-state index contributed by atoms with van der Waals surface area (Å²) in [7, 11) is 6.47. The number of methoxy groups -OCH3 is 3. The van der Waals surface area contributed by atoms with E-state index in [0.29, 0.717) is 30.2 Å². The largest absolute Gasteiger partial charge is 0.493 e. The Morgan fingerprint density at radius 3 is 2.05 bits per heavy atom. The fraction of sp³-hybridized carbons (Fsp3) is 0.400. The molecule has 0 spiro atoms. The highest BCUT2D eigenvalue weighted by Crippen LogP contribution is 2.41. The fourth-order valence-corrected chi connectivity index (χ4v) is 4.38. The number of allylic oxidation sites excluding steroid dienone is 3. The Balaban J connectivity index is 1.70. The molecule has 1 heterocycles. The second-order valence-corrected chi connectivity index (χ2v) is 8.98. The smallest absolute Gasteiger partial charge is 0.246 e. The summed E-state index contributed by atoms with van der Waals surface area (Å²) in [6, 6.07) is 11.3. The van der Waals surface area contributed by atoms with Crippen molar-refractivity contribution >= 4 is 11.8 Å². The molecule has 0 radical (unpaired) electrons. The van der Waals surface area contributed by atoms with E-state index < -0.39 is 6.04 Å². The molecule has 0 saturated carbocycles.